The lowest BCUT2D eigenvalue weighted by atomic mass is 10.1. The van der Waals surface area contributed by atoms with Gasteiger partial charge < -0.3 is 14.4 Å². The van der Waals surface area contributed by atoms with E-state index in [-0.39, 0.29) is 29.9 Å². The highest BCUT2D eigenvalue weighted by molar-refractivity contribution is 7.89. The Kier molecular flexibility index (Phi) is 7.65. The normalized spacial score (nSPS) is 17.2. The van der Waals surface area contributed by atoms with Crippen molar-refractivity contribution >= 4 is 27.5 Å². The maximum atomic E-state index is 12.5. The topological polar surface area (TPSA) is 84.9 Å². The highest BCUT2D eigenvalue weighted by atomic mass is 35.5. The fourth-order valence-electron chi connectivity index (χ4n) is 3.11. The van der Waals surface area contributed by atoms with Gasteiger partial charge in [-0.15, -0.1) is 13.2 Å². The number of amides is 1. The van der Waals surface area contributed by atoms with Crippen molar-refractivity contribution in [2.75, 3.05) is 26.2 Å². The van der Waals surface area contributed by atoms with Crippen LogP contribution in [-0.4, -0.2) is 51.8 Å². The molecule has 0 radical (unpaired) electrons. The van der Waals surface area contributed by atoms with Crippen LogP contribution >= 0.6 is 11.6 Å². The second kappa shape index (κ2) is 10.1. The molecule has 1 heterocycles. The summed E-state index contributed by atoms with van der Waals surface area (Å²) in [6.45, 7) is 0.895. The SMILES string of the molecule is O=C(CCNS(=O)(=O)c1ccc(OC(F)(F)F)cc1)N1CCOC(c2ccc(Cl)cc2)C1. The summed E-state index contributed by atoms with van der Waals surface area (Å²) < 4.78 is 73.0. The number of hydrogen-bond donors (Lipinski definition) is 1. The van der Waals surface area contributed by atoms with Gasteiger partial charge >= 0.3 is 6.36 Å². The van der Waals surface area contributed by atoms with Crippen LogP contribution in [0.2, 0.25) is 5.02 Å². The van der Waals surface area contributed by atoms with E-state index in [0.29, 0.717) is 24.7 Å². The molecule has 0 bridgehead atoms. The number of nitrogens with one attached hydrogen (secondary N) is 1. The molecule has 1 saturated heterocycles. The first-order valence-electron chi connectivity index (χ1n) is 9.54. The number of hydrogen-bond acceptors (Lipinski definition) is 5. The number of morpholine rings is 1. The minimum atomic E-state index is -4.87. The van der Waals surface area contributed by atoms with Crippen molar-refractivity contribution in [3.63, 3.8) is 0 Å². The number of benzene rings is 2. The number of alkyl halides is 3. The first-order valence-corrected chi connectivity index (χ1v) is 11.4. The van der Waals surface area contributed by atoms with Crippen molar-refractivity contribution < 1.29 is 35.9 Å². The van der Waals surface area contributed by atoms with E-state index in [0.717, 1.165) is 29.8 Å². The second-order valence-electron chi connectivity index (χ2n) is 6.92. The van der Waals surface area contributed by atoms with Gasteiger partial charge in [-0.1, -0.05) is 23.7 Å². The van der Waals surface area contributed by atoms with E-state index in [1.165, 1.54) is 0 Å². The third-order valence-electron chi connectivity index (χ3n) is 4.66. The Bertz CT molecular complexity index is 1030. The zero-order chi connectivity index (χ0) is 23.4. The fourth-order valence-corrected chi connectivity index (χ4v) is 4.27. The lowest BCUT2D eigenvalue weighted by Gasteiger charge is -2.33. The molecule has 2 aromatic rings. The zero-order valence-electron chi connectivity index (χ0n) is 16.6. The van der Waals surface area contributed by atoms with Crippen LogP contribution in [0.15, 0.2) is 53.4 Å². The van der Waals surface area contributed by atoms with Crippen molar-refractivity contribution in [2.24, 2.45) is 0 Å². The molecule has 1 unspecified atom stereocenters. The van der Waals surface area contributed by atoms with Crippen LogP contribution < -0.4 is 9.46 Å². The van der Waals surface area contributed by atoms with Gasteiger partial charge in [-0.2, -0.15) is 0 Å². The van der Waals surface area contributed by atoms with Crippen LogP contribution in [0.3, 0.4) is 0 Å². The molecule has 1 fully saturated rings. The van der Waals surface area contributed by atoms with Crippen LogP contribution in [0, 0.1) is 0 Å². The summed E-state index contributed by atoms with van der Waals surface area (Å²) in [6, 6.07) is 10.9. The number of carbonyl (C=O) groups is 1. The smallest absolute Gasteiger partial charge is 0.406 e. The number of nitrogens with zero attached hydrogens (tertiary/aromatic N) is 1. The summed E-state index contributed by atoms with van der Waals surface area (Å²) in [5, 5.41) is 0.590. The van der Waals surface area contributed by atoms with Crippen molar-refractivity contribution in [3.05, 3.63) is 59.1 Å². The molecular formula is C20H20ClF3N2O5S. The van der Waals surface area contributed by atoms with Gasteiger partial charge in [-0.3, -0.25) is 4.79 Å². The summed E-state index contributed by atoms with van der Waals surface area (Å²) in [5.41, 5.74) is 0.880. The van der Waals surface area contributed by atoms with Crippen molar-refractivity contribution in [3.8, 4) is 5.75 Å². The van der Waals surface area contributed by atoms with Gasteiger partial charge in [0, 0.05) is 24.5 Å². The summed E-state index contributed by atoms with van der Waals surface area (Å²) in [4.78, 5) is 13.9. The van der Waals surface area contributed by atoms with E-state index in [1.807, 2.05) is 12.1 Å². The molecule has 3 rings (SSSR count). The van der Waals surface area contributed by atoms with Gasteiger partial charge in [-0.25, -0.2) is 13.1 Å². The number of halogens is 4. The van der Waals surface area contributed by atoms with Crippen LogP contribution in [0.4, 0.5) is 13.2 Å². The van der Waals surface area contributed by atoms with Crippen LogP contribution in [0.1, 0.15) is 18.1 Å². The molecule has 7 nitrogen and oxygen atoms in total. The molecule has 0 saturated carbocycles. The molecular weight excluding hydrogens is 473 g/mol. The van der Waals surface area contributed by atoms with E-state index in [4.69, 9.17) is 16.3 Å². The molecule has 0 aromatic heterocycles. The predicted octanol–water partition coefficient (Wildman–Crippen LogP) is 3.51. The zero-order valence-corrected chi connectivity index (χ0v) is 18.2. The average molecular weight is 493 g/mol. The van der Waals surface area contributed by atoms with Crippen molar-refractivity contribution in [2.45, 2.75) is 23.8 Å². The maximum absolute atomic E-state index is 12.5. The van der Waals surface area contributed by atoms with E-state index < -0.39 is 22.1 Å². The Morgan fingerprint density at radius 2 is 1.81 bits per heavy atom. The van der Waals surface area contributed by atoms with Gasteiger partial charge in [0.05, 0.1) is 18.0 Å². The summed E-state index contributed by atoms with van der Waals surface area (Å²) in [5.74, 6) is -0.780. The van der Waals surface area contributed by atoms with Gasteiger partial charge in [0.15, 0.2) is 0 Å². The molecule has 174 valence electrons. The molecule has 1 N–H and O–H groups in total. The number of ether oxygens (including phenoxy) is 2. The Morgan fingerprint density at radius 3 is 2.44 bits per heavy atom. The predicted molar refractivity (Wildman–Crippen MR) is 110 cm³/mol. The largest absolute Gasteiger partial charge is 0.573 e. The van der Waals surface area contributed by atoms with Gasteiger partial charge in [0.2, 0.25) is 15.9 Å². The molecule has 12 heteroatoms. The third kappa shape index (κ3) is 6.83. The van der Waals surface area contributed by atoms with E-state index >= 15 is 0 Å². The molecule has 0 spiro atoms. The first-order chi connectivity index (χ1) is 15.0. The van der Waals surface area contributed by atoms with Crippen LogP contribution in [0.5, 0.6) is 5.75 Å². The molecule has 0 aliphatic carbocycles. The average Bonchev–Trinajstić information content (AvgIpc) is 2.73. The Balaban J connectivity index is 1.51. The maximum Gasteiger partial charge on any atom is 0.573 e. The Labute approximate surface area is 188 Å². The molecule has 1 amide bonds. The van der Waals surface area contributed by atoms with E-state index in [9.17, 15) is 26.4 Å². The second-order valence-corrected chi connectivity index (χ2v) is 9.12. The van der Waals surface area contributed by atoms with Crippen LogP contribution in [0.25, 0.3) is 0 Å². The fraction of sp³-hybridized carbons (Fsp3) is 0.350. The van der Waals surface area contributed by atoms with E-state index in [1.54, 1.807) is 17.0 Å². The minimum absolute atomic E-state index is 0.0815. The molecule has 2 aromatic carbocycles. The summed E-state index contributed by atoms with van der Waals surface area (Å²) >= 11 is 5.89. The number of rotatable bonds is 7. The van der Waals surface area contributed by atoms with Crippen LogP contribution in [-0.2, 0) is 19.6 Å². The Hall–Kier alpha value is -2.34. The van der Waals surface area contributed by atoms with Gasteiger partial charge in [0.25, 0.3) is 0 Å². The van der Waals surface area contributed by atoms with E-state index in [2.05, 4.69) is 9.46 Å². The van der Waals surface area contributed by atoms with Gasteiger partial charge in [-0.05, 0) is 42.0 Å². The molecule has 1 aliphatic heterocycles. The molecule has 1 aliphatic rings. The highest BCUT2D eigenvalue weighted by Gasteiger charge is 2.31. The minimum Gasteiger partial charge on any atom is -0.406 e. The lowest BCUT2D eigenvalue weighted by Crippen LogP contribution is -2.43. The highest BCUT2D eigenvalue weighted by Crippen LogP contribution is 2.25. The third-order valence-corrected chi connectivity index (χ3v) is 6.39. The summed E-state index contributed by atoms with van der Waals surface area (Å²) in [7, 11) is -4.00. The molecule has 1 atom stereocenters. The first kappa shape index (κ1) is 24.3. The lowest BCUT2D eigenvalue weighted by molar-refractivity contribution is -0.274. The Morgan fingerprint density at radius 1 is 1.16 bits per heavy atom. The van der Waals surface area contributed by atoms with Crippen molar-refractivity contribution in [1.29, 1.82) is 0 Å². The summed E-state index contributed by atoms with van der Waals surface area (Å²) in [6.07, 6.45) is -5.26. The van der Waals surface area contributed by atoms with Gasteiger partial charge in [0.1, 0.15) is 11.9 Å². The number of carbonyl (C=O) groups excluding carboxylic acids is 1. The monoisotopic (exact) mass is 492 g/mol. The quantitative estimate of drug-likeness (QED) is 0.639. The molecule has 32 heavy (non-hydrogen) atoms. The standard InChI is InChI=1S/C20H20ClF3N2O5S/c21-15-3-1-14(2-4-15)18-13-26(11-12-30-18)19(27)9-10-25-32(28,29)17-7-5-16(6-8-17)31-20(22,23)24/h1-8,18,25H,9-13H2. The number of sulfonamides is 1. The van der Waals surface area contributed by atoms with Crippen molar-refractivity contribution in [1.82, 2.24) is 9.62 Å².